The third-order valence-corrected chi connectivity index (χ3v) is 7.13. The first-order chi connectivity index (χ1) is 10.9. The van der Waals surface area contributed by atoms with Crippen LogP contribution < -0.4 is 9.64 Å². The van der Waals surface area contributed by atoms with Crippen molar-refractivity contribution in [1.29, 1.82) is 0 Å². The summed E-state index contributed by atoms with van der Waals surface area (Å²) in [4.78, 5) is 17.8. The number of rotatable bonds is 3. The van der Waals surface area contributed by atoms with Crippen LogP contribution in [0.3, 0.4) is 0 Å². The molecule has 0 spiro atoms. The van der Waals surface area contributed by atoms with Crippen molar-refractivity contribution in [3.05, 3.63) is 24.3 Å². The first-order valence-electron chi connectivity index (χ1n) is 7.35. The SMILES string of the molecule is CCC(=O)N=C1S[C@@H]2CS(=O)(=O)C[C@H]2N1c1cccc(OC)c1. The number of hydrogen-bond acceptors (Lipinski definition) is 5. The van der Waals surface area contributed by atoms with Gasteiger partial charge in [0.15, 0.2) is 15.0 Å². The summed E-state index contributed by atoms with van der Waals surface area (Å²) in [6.07, 6.45) is 0.323. The van der Waals surface area contributed by atoms with Crippen molar-refractivity contribution in [2.24, 2.45) is 4.99 Å². The zero-order valence-electron chi connectivity index (χ0n) is 12.9. The Hall–Kier alpha value is -1.54. The summed E-state index contributed by atoms with van der Waals surface area (Å²) < 4.78 is 29.2. The fraction of sp³-hybridized carbons (Fsp3) is 0.467. The van der Waals surface area contributed by atoms with Gasteiger partial charge in [-0.25, -0.2) is 8.42 Å². The van der Waals surface area contributed by atoms with Crippen molar-refractivity contribution in [1.82, 2.24) is 0 Å². The monoisotopic (exact) mass is 354 g/mol. The number of amidine groups is 1. The van der Waals surface area contributed by atoms with E-state index < -0.39 is 9.84 Å². The summed E-state index contributed by atoms with van der Waals surface area (Å²) in [6.45, 7) is 1.76. The molecule has 8 heteroatoms. The van der Waals surface area contributed by atoms with Crippen LogP contribution in [-0.2, 0) is 14.6 Å². The van der Waals surface area contributed by atoms with Gasteiger partial charge in [0.1, 0.15) is 5.75 Å². The van der Waals surface area contributed by atoms with Crippen LogP contribution in [0.25, 0.3) is 0 Å². The zero-order valence-corrected chi connectivity index (χ0v) is 14.6. The predicted molar refractivity (Wildman–Crippen MR) is 92.0 cm³/mol. The molecule has 0 bridgehead atoms. The van der Waals surface area contributed by atoms with E-state index in [1.54, 1.807) is 14.0 Å². The van der Waals surface area contributed by atoms with Gasteiger partial charge in [-0.3, -0.25) is 4.79 Å². The third kappa shape index (κ3) is 3.23. The van der Waals surface area contributed by atoms with Gasteiger partial charge in [-0.05, 0) is 12.1 Å². The molecular formula is C15H18N2O4S2. The molecule has 0 aromatic heterocycles. The molecule has 1 aromatic rings. The number of anilines is 1. The van der Waals surface area contributed by atoms with E-state index in [9.17, 15) is 13.2 Å². The molecule has 2 heterocycles. The lowest BCUT2D eigenvalue weighted by Gasteiger charge is -2.24. The summed E-state index contributed by atoms with van der Waals surface area (Å²) >= 11 is 1.38. The molecule has 124 valence electrons. The number of hydrogen-bond donors (Lipinski definition) is 0. The van der Waals surface area contributed by atoms with Gasteiger partial charge in [0.2, 0.25) is 5.91 Å². The fourth-order valence-electron chi connectivity index (χ4n) is 2.81. The fourth-order valence-corrected chi connectivity index (χ4v) is 6.74. The molecule has 1 aromatic carbocycles. The van der Waals surface area contributed by atoms with E-state index >= 15 is 0 Å². The first-order valence-corrected chi connectivity index (χ1v) is 10.1. The highest BCUT2D eigenvalue weighted by Crippen LogP contribution is 2.41. The average Bonchev–Trinajstić information content (AvgIpc) is 2.97. The highest BCUT2D eigenvalue weighted by atomic mass is 32.2. The first kappa shape index (κ1) is 16.3. The molecule has 23 heavy (non-hydrogen) atoms. The molecule has 0 saturated carbocycles. The molecule has 0 unspecified atom stereocenters. The Labute approximate surface area is 139 Å². The van der Waals surface area contributed by atoms with Gasteiger partial charge in [0.25, 0.3) is 0 Å². The smallest absolute Gasteiger partial charge is 0.247 e. The Morgan fingerprint density at radius 1 is 1.43 bits per heavy atom. The van der Waals surface area contributed by atoms with Crippen molar-refractivity contribution in [2.45, 2.75) is 24.6 Å². The third-order valence-electron chi connectivity index (χ3n) is 3.92. The van der Waals surface area contributed by atoms with Gasteiger partial charge in [-0.2, -0.15) is 4.99 Å². The molecule has 2 fully saturated rings. The number of benzene rings is 1. The van der Waals surface area contributed by atoms with E-state index in [4.69, 9.17) is 4.74 Å². The number of carbonyl (C=O) groups excluding carboxylic acids is 1. The molecule has 1 amide bonds. The van der Waals surface area contributed by atoms with Crippen LogP contribution in [0.4, 0.5) is 5.69 Å². The molecule has 2 aliphatic rings. The van der Waals surface area contributed by atoms with E-state index in [0.29, 0.717) is 17.3 Å². The Morgan fingerprint density at radius 3 is 2.91 bits per heavy atom. The quantitative estimate of drug-likeness (QED) is 0.822. The van der Waals surface area contributed by atoms with E-state index in [-0.39, 0.29) is 28.7 Å². The van der Waals surface area contributed by atoms with E-state index in [1.807, 2.05) is 29.2 Å². The number of amides is 1. The highest BCUT2D eigenvalue weighted by Gasteiger charge is 2.49. The number of carbonyl (C=O) groups is 1. The van der Waals surface area contributed by atoms with Crippen molar-refractivity contribution < 1.29 is 17.9 Å². The minimum absolute atomic E-state index is 0.0845. The van der Waals surface area contributed by atoms with Crippen LogP contribution in [0.2, 0.25) is 0 Å². The number of aliphatic imine (C=N–C) groups is 1. The number of methoxy groups -OCH3 is 1. The van der Waals surface area contributed by atoms with Gasteiger partial charge in [0, 0.05) is 23.4 Å². The van der Waals surface area contributed by atoms with Crippen molar-refractivity contribution in [3.63, 3.8) is 0 Å². The standard InChI is InChI=1S/C15H18N2O4S2/c1-3-14(18)16-15-17(10-5-4-6-11(7-10)21-2)12-8-23(19,20)9-13(12)22-15/h4-7,12-13H,3,8-9H2,1-2H3/t12-,13-/m1/s1. The number of nitrogens with zero attached hydrogens (tertiary/aromatic N) is 2. The van der Waals surface area contributed by atoms with Crippen molar-refractivity contribution >= 4 is 38.4 Å². The summed E-state index contributed by atoms with van der Waals surface area (Å²) in [6, 6.07) is 7.18. The summed E-state index contributed by atoms with van der Waals surface area (Å²) in [7, 11) is -1.47. The van der Waals surface area contributed by atoms with Crippen LogP contribution in [0, 0.1) is 0 Å². The second-order valence-electron chi connectivity index (χ2n) is 5.51. The van der Waals surface area contributed by atoms with Crippen molar-refractivity contribution in [2.75, 3.05) is 23.5 Å². The number of ether oxygens (including phenoxy) is 1. The molecule has 0 radical (unpaired) electrons. The minimum atomic E-state index is -3.05. The van der Waals surface area contributed by atoms with Crippen LogP contribution >= 0.6 is 11.8 Å². The van der Waals surface area contributed by atoms with Crippen LogP contribution in [0.5, 0.6) is 5.75 Å². The molecule has 3 rings (SSSR count). The normalized spacial score (nSPS) is 27.2. The maximum atomic E-state index is 12.0. The minimum Gasteiger partial charge on any atom is -0.497 e. The molecule has 0 aliphatic carbocycles. The molecule has 2 atom stereocenters. The summed E-state index contributed by atoms with van der Waals surface area (Å²) in [5, 5.41) is 0.490. The van der Waals surface area contributed by atoms with Crippen LogP contribution in [0.15, 0.2) is 29.3 Å². The zero-order chi connectivity index (χ0) is 16.6. The molecule has 6 nitrogen and oxygen atoms in total. The van der Waals surface area contributed by atoms with Gasteiger partial charge in [-0.1, -0.05) is 24.8 Å². The lowest BCUT2D eigenvalue weighted by molar-refractivity contribution is -0.117. The Bertz CT molecular complexity index is 760. The Morgan fingerprint density at radius 2 is 2.22 bits per heavy atom. The van der Waals surface area contributed by atoms with Gasteiger partial charge < -0.3 is 9.64 Å². The second kappa shape index (κ2) is 6.16. The van der Waals surface area contributed by atoms with E-state index in [2.05, 4.69) is 4.99 Å². The van der Waals surface area contributed by atoms with Gasteiger partial charge in [-0.15, -0.1) is 0 Å². The van der Waals surface area contributed by atoms with Gasteiger partial charge >= 0.3 is 0 Å². The maximum Gasteiger partial charge on any atom is 0.247 e. The maximum absolute atomic E-state index is 12.0. The number of sulfone groups is 1. The molecular weight excluding hydrogens is 336 g/mol. The summed E-state index contributed by atoms with van der Waals surface area (Å²) in [5.74, 6) is 0.685. The lowest BCUT2D eigenvalue weighted by atomic mass is 10.2. The Balaban J connectivity index is 2.02. The van der Waals surface area contributed by atoms with Crippen LogP contribution in [0.1, 0.15) is 13.3 Å². The Kier molecular flexibility index (Phi) is 4.37. The average molecular weight is 354 g/mol. The lowest BCUT2D eigenvalue weighted by Crippen LogP contribution is -2.37. The number of fused-ring (bicyclic) bond motifs is 1. The molecule has 0 N–H and O–H groups in total. The van der Waals surface area contributed by atoms with E-state index in [0.717, 1.165) is 5.69 Å². The highest BCUT2D eigenvalue weighted by molar-refractivity contribution is 8.16. The van der Waals surface area contributed by atoms with E-state index in [1.165, 1.54) is 11.8 Å². The second-order valence-corrected chi connectivity index (χ2v) is 8.87. The predicted octanol–water partition coefficient (Wildman–Crippen LogP) is 1.71. The number of thioether (sulfide) groups is 1. The topological polar surface area (TPSA) is 76.0 Å². The summed E-state index contributed by atoms with van der Waals surface area (Å²) in [5.41, 5.74) is 0.795. The molecule has 2 aliphatic heterocycles. The van der Waals surface area contributed by atoms with Gasteiger partial charge in [0.05, 0.1) is 24.7 Å². The van der Waals surface area contributed by atoms with Crippen LogP contribution in [-0.4, -0.2) is 49.4 Å². The van der Waals surface area contributed by atoms with Crippen molar-refractivity contribution in [3.8, 4) is 5.75 Å². The molecule has 2 saturated heterocycles. The largest absolute Gasteiger partial charge is 0.497 e.